The molecule has 0 saturated carbocycles. The number of likely N-dealkylation sites (tertiary alicyclic amines) is 1. The first-order valence-corrected chi connectivity index (χ1v) is 9.03. The van der Waals surface area contributed by atoms with Crippen molar-refractivity contribution in [1.29, 1.82) is 0 Å². The van der Waals surface area contributed by atoms with Crippen LogP contribution in [0.4, 0.5) is 0 Å². The van der Waals surface area contributed by atoms with Crippen molar-refractivity contribution in [3.05, 3.63) is 46.2 Å². The number of hydrogen-bond donors (Lipinski definition) is 0. The van der Waals surface area contributed by atoms with Gasteiger partial charge in [0, 0.05) is 5.56 Å². The average Bonchev–Trinajstić information content (AvgIpc) is 3.26. The summed E-state index contributed by atoms with van der Waals surface area (Å²) in [6, 6.07) is 10.1. The van der Waals surface area contributed by atoms with Crippen molar-refractivity contribution in [2.24, 2.45) is 0 Å². The van der Waals surface area contributed by atoms with Gasteiger partial charge in [0.25, 0.3) is 0 Å². The van der Waals surface area contributed by atoms with E-state index in [2.05, 4.69) is 25.2 Å². The number of hydrogen-bond acceptors (Lipinski definition) is 7. The monoisotopic (exact) mass is 341 g/mol. The predicted molar refractivity (Wildman–Crippen MR) is 91.4 cm³/mol. The molecule has 3 aromatic rings. The maximum Gasteiger partial charge on any atom is 0.244 e. The highest BCUT2D eigenvalue weighted by Gasteiger charge is 2.29. The lowest BCUT2D eigenvalue weighted by molar-refractivity contribution is 0.111. The number of benzene rings is 1. The first kappa shape index (κ1) is 15.4. The molecule has 3 heterocycles. The third kappa shape index (κ3) is 3.22. The van der Waals surface area contributed by atoms with Crippen LogP contribution in [-0.4, -0.2) is 31.8 Å². The van der Waals surface area contributed by atoms with Gasteiger partial charge in [0.15, 0.2) is 0 Å². The Kier molecular flexibility index (Phi) is 4.36. The van der Waals surface area contributed by atoms with Gasteiger partial charge in [0.1, 0.15) is 10.0 Å². The Bertz CT molecular complexity index is 800. The number of nitrogens with zero attached hydrogens (tertiary/aromatic N) is 5. The number of piperidine rings is 1. The van der Waals surface area contributed by atoms with Gasteiger partial charge in [-0.05, 0) is 26.3 Å². The van der Waals surface area contributed by atoms with Crippen LogP contribution in [0.5, 0.6) is 0 Å². The van der Waals surface area contributed by atoms with Crippen LogP contribution in [0.3, 0.4) is 0 Å². The predicted octanol–water partition coefficient (Wildman–Crippen LogP) is 3.62. The molecule has 6 nitrogen and oxygen atoms in total. The van der Waals surface area contributed by atoms with E-state index in [1.807, 2.05) is 37.3 Å². The van der Waals surface area contributed by atoms with E-state index >= 15 is 0 Å². The Morgan fingerprint density at radius 2 is 2.08 bits per heavy atom. The normalized spacial score (nSPS) is 18.8. The highest BCUT2D eigenvalue weighted by Crippen LogP contribution is 2.32. The van der Waals surface area contributed by atoms with Gasteiger partial charge in [-0.3, -0.25) is 4.90 Å². The van der Waals surface area contributed by atoms with Crippen LogP contribution in [0, 0.1) is 6.92 Å². The van der Waals surface area contributed by atoms with Crippen molar-refractivity contribution in [3.8, 4) is 11.4 Å². The molecule has 1 saturated heterocycles. The minimum atomic E-state index is 0.160. The van der Waals surface area contributed by atoms with Gasteiger partial charge in [-0.15, -0.1) is 21.5 Å². The minimum absolute atomic E-state index is 0.160. The molecule has 0 spiro atoms. The maximum absolute atomic E-state index is 5.60. The fourth-order valence-corrected chi connectivity index (χ4v) is 3.84. The van der Waals surface area contributed by atoms with Crippen molar-refractivity contribution < 1.29 is 4.52 Å². The maximum atomic E-state index is 5.60. The standard InChI is InChI=1S/C17H19N5OS/c1-12-19-20-15(24-12)11-22-10-6-5-9-14(22)17-18-16(21-23-17)13-7-3-2-4-8-13/h2-4,7-8,14H,5-6,9-11H2,1H3. The van der Waals surface area contributed by atoms with Gasteiger partial charge in [0.05, 0.1) is 12.6 Å². The summed E-state index contributed by atoms with van der Waals surface area (Å²) in [5.74, 6) is 1.36. The Balaban J connectivity index is 1.55. The lowest BCUT2D eigenvalue weighted by Crippen LogP contribution is -2.33. The van der Waals surface area contributed by atoms with Crippen LogP contribution in [0.15, 0.2) is 34.9 Å². The minimum Gasteiger partial charge on any atom is -0.337 e. The van der Waals surface area contributed by atoms with Crippen molar-refractivity contribution in [3.63, 3.8) is 0 Å². The topological polar surface area (TPSA) is 67.9 Å². The fourth-order valence-electron chi connectivity index (χ4n) is 3.11. The Morgan fingerprint density at radius 1 is 1.21 bits per heavy atom. The molecule has 7 heteroatoms. The van der Waals surface area contributed by atoms with Gasteiger partial charge in [0.2, 0.25) is 11.7 Å². The summed E-state index contributed by atoms with van der Waals surface area (Å²) in [4.78, 5) is 7.03. The van der Waals surface area contributed by atoms with Gasteiger partial charge < -0.3 is 4.52 Å². The van der Waals surface area contributed by atoms with E-state index in [0.29, 0.717) is 11.7 Å². The van der Waals surface area contributed by atoms with E-state index in [1.165, 1.54) is 12.8 Å². The summed E-state index contributed by atoms with van der Waals surface area (Å²) < 4.78 is 5.60. The molecule has 0 bridgehead atoms. The Hall–Kier alpha value is -2.12. The fraction of sp³-hybridized carbons (Fsp3) is 0.412. The lowest BCUT2D eigenvalue weighted by atomic mass is 10.0. The second kappa shape index (κ2) is 6.78. The molecule has 1 aliphatic heterocycles. The highest BCUT2D eigenvalue weighted by atomic mass is 32.1. The van der Waals surface area contributed by atoms with E-state index in [9.17, 15) is 0 Å². The van der Waals surface area contributed by atoms with Crippen molar-refractivity contribution in [2.45, 2.75) is 38.8 Å². The second-order valence-corrected chi connectivity index (χ2v) is 7.29. The molecule has 1 aliphatic rings. The molecule has 1 atom stereocenters. The van der Waals surface area contributed by atoms with Crippen LogP contribution >= 0.6 is 11.3 Å². The summed E-state index contributed by atoms with van der Waals surface area (Å²) in [6.45, 7) is 3.80. The van der Waals surface area contributed by atoms with Crippen LogP contribution in [0.1, 0.15) is 41.2 Å². The van der Waals surface area contributed by atoms with Gasteiger partial charge in [-0.25, -0.2) is 0 Å². The zero-order valence-corrected chi connectivity index (χ0v) is 14.4. The molecule has 0 radical (unpaired) electrons. The van der Waals surface area contributed by atoms with Crippen molar-refractivity contribution >= 4 is 11.3 Å². The molecule has 0 amide bonds. The van der Waals surface area contributed by atoms with Crippen LogP contribution in [-0.2, 0) is 6.54 Å². The van der Waals surface area contributed by atoms with Crippen LogP contribution in [0.25, 0.3) is 11.4 Å². The largest absolute Gasteiger partial charge is 0.337 e. The quantitative estimate of drug-likeness (QED) is 0.722. The zero-order valence-electron chi connectivity index (χ0n) is 13.6. The summed E-state index contributed by atoms with van der Waals surface area (Å²) in [7, 11) is 0. The first-order valence-electron chi connectivity index (χ1n) is 8.21. The zero-order chi connectivity index (χ0) is 16.4. The number of aromatic nitrogens is 4. The van der Waals surface area contributed by atoms with Gasteiger partial charge >= 0.3 is 0 Å². The van der Waals surface area contributed by atoms with E-state index in [0.717, 1.165) is 35.1 Å². The molecule has 2 aromatic heterocycles. The van der Waals surface area contributed by atoms with Crippen molar-refractivity contribution in [2.75, 3.05) is 6.54 Å². The Labute approximate surface area is 144 Å². The molecule has 0 aliphatic carbocycles. The summed E-state index contributed by atoms with van der Waals surface area (Å²) in [6.07, 6.45) is 3.40. The van der Waals surface area contributed by atoms with Crippen LogP contribution in [0.2, 0.25) is 0 Å². The lowest BCUT2D eigenvalue weighted by Gasteiger charge is -2.32. The third-order valence-corrected chi connectivity index (χ3v) is 5.10. The molecule has 0 N–H and O–H groups in total. The van der Waals surface area contributed by atoms with E-state index in [1.54, 1.807) is 11.3 Å². The van der Waals surface area contributed by atoms with Gasteiger partial charge in [-0.2, -0.15) is 4.98 Å². The third-order valence-electron chi connectivity index (χ3n) is 4.28. The number of rotatable bonds is 4. The van der Waals surface area contributed by atoms with E-state index < -0.39 is 0 Å². The smallest absolute Gasteiger partial charge is 0.244 e. The summed E-state index contributed by atoms with van der Waals surface area (Å²) >= 11 is 1.65. The molecule has 1 aromatic carbocycles. The number of aryl methyl sites for hydroxylation is 1. The van der Waals surface area contributed by atoms with Crippen LogP contribution < -0.4 is 0 Å². The van der Waals surface area contributed by atoms with E-state index in [4.69, 9.17) is 4.52 Å². The van der Waals surface area contributed by atoms with E-state index in [-0.39, 0.29) is 6.04 Å². The molecular formula is C17H19N5OS. The first-order chi connectivity index (χ1) is 11.8. The second-order valence-electron chi connectivity index (χ2n) is 6.02. The molecule has 1 unspecified atom stereocenters. The summed E-state index contributed by atoms with van der Waals surface area (Å²) in [5.41, 5.74) is 0.981. The molecule has 4 rings (SSSR count). The van der Waals surface area contributed by atoms with Crippen molar-refractivity contribution in [1.82, 2.24) is 25.2 Å². The van der Waals surface area contributed by atoms with Gasteiger partial charge in [-0.1, -0.05) is 41.9 Å². The average molecular weight is 341 g/mol. The molecular weight excluding hydrogens is 322 g/mol. The molecule has 1 fully saturated rings. The summed E-state index contributed by atoms with van der Waals surface area (Å²) in [5, 5.41) is 14.6. The molecule has 124 valence electrons. The molecule has 24 heavy (non-hydrogen) atoms. The Morgan fingerprint density at radius 3 is 2.88 bits per heavy atom. The SMILES string of the molecule is Cc1nnc(CN2CCCCC2c2nc(-c3ccccc3)no2)s1. The highest BCUT2D eigenvalue weighted by molar-refractivity contribution is 7.11.